The Hall–Kier alpha value is 0.370. The summed E-state index contributed by atoms with van der Waals surface area (Å²) in [5.74, 6) is 0. The Labute approximate surface area is 129 Å². The number of hydrogen-bond donors (Lipinski definition) is 2. The van der Waals surface area contributed by atoms with Crippen LogP contribution in [0.15, 0.2) is 0 Å². The van der Waals surface area contributed by atoms with Gasteiger partial charge in [0.25, 0.3) is 10.2 Å². The van der Waals surface area contributed by atoms with Crippen LogP contribution in [0.3, 0.4) is 0 Å². The zero-order chi connectivity index (χ0) is 12.7. The van der Waals surface area contributed by atoms with E-state index in [1.807, 2.05) is 13.8 Å². The second-order valence-electron chi connectivity index (χ2n) is 4.08. The summed E-state index contributed by atoms with van der Waals surface area (Å²) >= 11 is 0. The third-order valence-corrected chi connectivity index (χ3v) is 4.73. The topological polar surface area (TPSA) is 64.7 Å². The SMILES string of the molecule is CCN(CC)S(=O)(=O)NCCN1CCNCC1.Cl.Cl. The molecule has 1 saturated heterocycles. The van der Waals surface area contributed by atoms with Crippen molar-refractivity contribution in [2.24, 2.45) is 0 Å². The van der Waals surface area contributed by atoms with Gasteiger partial charge in [0.15, 0.2) is 0 Å². The minimum absolute atomic E-state index is 0. The molecule has 1 fully saturated rings. The van der Waals surface area contributed by atoms with E-state index in [9.17, 15) is 8.42 Å². The molecule has 1 aliphatic heterocycles. The van der Waals surface area contributed by atoms with Crippen LogP contribution in [0.1, 0.15) is 13.8 Å². The molecule has 0 bridgehead atoms. The molecule has 19 heavy (non-hydrogen) atoms. The summed E-state index contributed by atoms with van der Waals surface area (Å²) in [6, 6.07) is 0. The Bertz CT molecular complexity index is 307. The Kier molecular flexibility index (Phi) is 12.6. The lowest BCUT2D eigenvalue weighted by Gasteiger charge is -2.27. The van der Waals surface area contributed by atoms with Crippen LogP contribution in [0.25, 0.3) is 0 Å². The van der Waals surface area contributed by atoms with Crippen molar-refractivity contribution in [2.75, 3.05) is 52.4 Å². The molecular weight excluding hydrogens is 311 g/mol. The lowest BCUT2D eigenvalue weighted by Crippen LogP contribution is -2.48. The Morgan fingerprint density at radius 1 is 1.16 bits per heavy atom. The number of hydrogen-bond acceptors (Lipinski definition) is 4. The minimum Gasteiger partial charge on any atom is -0.314 e. The summed E-state index contributed by atoms with van der Waals surface area (Å²) in [5.41, 5.74) is 0. The van der Waals surface area contributed by atoms with Gasteiger partial charge in [-0.2, -0.15) is 12.7 Å². The first-order chi connectivity index (χ1) is 8.10. The molecule has 0 saturated carbocycles. The molecule has 9 heteroatoms. The van der Waals surface area contributed by atoms with E-state index >= 15 is 0 Å². The summed E-state index contributed by atoms with van der Waals surface area (Å²) in [6.45, 7) is 9.95. The molecular formula is C10H26Cl2N4O2S. The molecule has 0 aromatic carbocycles. The van der Waals surface area contributed by atoms with Crippen molar-refractivity contribution < 1.29 is 8.42 Å². The Balaban J connectivity index is 0. The maximum Gasteiger partial charge on any atom is 0.279 e. The van der Waals surface area contributed by atoms with Crippen molar-refractivity contribution in [1.82, 2.24) is 19.2 Å². The number of rotatable bonds is 7. The molecule has 1 aliphatic rings. The molecule has 0 atom stereocenters. The molecule has 0 aromatic rings. The fourth-order valence-corrected chi connectivity index (χ4v) is 3.13. The standard InChI is InChI=1S/C10H24N4O2S.2ClH/c1-3-14(4-2)17(15,16)12-7-10-13-8-5-11-6-9-13;;/h11-12H,3-10H2,1-2H3;2*1H. The van der Waals surface area contributed by atoms with E-state index in [0.717, 1.165) is 32.7 Å². The molecule has 2 N–H and O–H groups in total. The first-order valence-corrected chi connectivity index (χ1v) is 7.72. The third kappa shape index (κ3) is 7.65. The average molecular weight is 337 g/mol. The maximum atomic E-state index is 11.8. The highest BCUT2D eigenvalue weighted by Gasteiger charge is 2.18. The fraction of sp³-hybridized carbons (Fsp3) is 1.00. The van der Waals surface area contributed by atoms with Gasteiger partial charge in [0.2, 0.25) is 0 Å². The summed E-state index contributed by atoms with van der Waals surface area (Å²) < 4.78 is 27.7. The maximum absolute atomic E-state index is 11.8. The number of nitrogens with zero attached hydrogens (tertiary/aromatic N) is 2. The molecule has 1 heterocycles. The highest BCUT2D eigenvalue weighted by Crippen LogP contribution is 1.97. The molecule has 0 aromatic heterocycles. The predicted molar refractivity (Wildman–Crippen MR) is 83.6 cm³/mol. The van der Waals surface area contributed by atoms with Crippen LogP contribution >= 0.6 is 24.8 Å². The second kappa shape index (κ2) is 11.1. The van der Waals surface area contributed by atoms with Gasteiger partial charge in [-0.1, -0.05) is 13.8 Å². The van der Waals surface area contributed by atoms with Gasteiger partial charge in [-0.25, -0.2) is 4.72 Å². The van der Waals surface area contributed by atoms with E-state index < -0.39 is 10.2 Å². The van der Waals surface area contributed by atoms with Crippen molar-refractivity contribution in [2.45, 2.75) is 13.8 Å². The largest absolute Gasteiger partial charge is 0.314 e. The van der Waals surface area contributed by atoms with Crippen molar-refractivity contribution in [1.29, 1.82) is 0 Å². The summed E-state index contributed by atoms with van der Waals surface area (Å²) in [7, 11) is -3.28. The van der Waals surface area contributed by atoms with E-state index in [2.05, 4.69) is 14.9 Å². The van der Waals surface area contributed by atoms with Crippen LogP contribution in [0, 0.1) is 0 Å². The average Bonchev–Trinajstić information content (AvgIpc) is 2.31. The van der Waals surface area contributed by atoms with Gasteiger partial charge in [0.05, 0.1) is 0 Å². The normalized spacial score (nSPS) is 16.8. The van der Waals surface area contributed by atoms with Crippen LogP contribution in [0.2, 0.25) is 0 Å². The lowest BCUT2D eigenvalue weighted by molar-refractivity contribution is 0.244. The lowest BCUT2D eigenvalue weighted by atomic mass is 10.3. The smallest absolute Gasteiger partial charge is 0.279 e. The van der Waals surface area contributed by atoms with Crippen molar-refractivity contribution >= 4 is 35.0 Å². The van der Waals surface area contributed by atoms with Crippen LogP contribution in [-0.4, -0.2) is 70.0 Å². The molecule has 118 valence electrons. The zero-order valence-electron chi connectivity index (χ0n) is 11.6. The van der Waals surface area contributed by atoms with Crippen LogP contribution in [0.5, 0.6) is 0 Å². The number of nitrogens with one attached hydrogen (secondary N) is 2. The molecule has 0 radical (unpaired) electrons. The third-order valence-electron chi connectivity index (χ3n) is 2.97. The van der Waals surface area contributed by atoms with Gasteiger partial charge in [0.1, 0.15) is 0 Å². The molecule has 1 rings (SSSR count). The molecule has 0 aliphatic carbocycles. The molecule has 0 amide bonds. The van der Waals surface area contributed by atoms with Crippen LogP contribution in [0.4, 0.5) is 0 Å². The van der Waals surface area contributed by atoms with Gasteiger partial charge in [0, 0.05) is 52.4 Å². The zero-order valence-corrected chi connectivity index (χ0v) is 14.0. The van der Waals surface area contributed by atoms with E-state index in [1.165, 1.54) is 4.31 Å². The Morgan fingerprint density at radius 2 is 1.68 bits per heavy atom. The monoisotopic (exact) mass is 336 g/mol. The van der Waals surface area contributed by atoms with Crippen LogP contribution < -0.4 is 10.0 Å². The van der Waals surface area contributed by atoms with Gasteiger partial charge < -0.3 is 5.32 Å². The number of piperazine rings is 1. The van der Waals surface area contributed by atoms with Crippen molar-refractivity contribution in [3.8, 4) is 0 Å². The van der Waals surface area contributed by atoms with Crippen molar-refractivity contribution in [3.63, 3.8) is 0 Å². The van der Waals surface area contributed by atoms with Gasteiger partial charge in [-0.15, -0.1) is 24.8 Å². The summed E-state index contributed by atoms with van der Waals surface area (Å²) in [4.78, 5) is 2.27. The highest BCUT2D eigenvalue weighted by molar-refractivity contribution is 7.87. The van der Waals surface area contributed by atoms with E-state index in [4.69, 9.17) is 0 Å². The van der Waals surface area contributed by atoms with Crippen molar-refractivity contribution in [3.05, 3.63) is 0 Å². The molecule has 6 nitrogen and oxygen atoms in total. The molecule has 0 spiro atoms. The summed E-state index contributed by atoms with van der Waals surface area (Å²) in [5, 5.41) is 3.27. The summed E-state index contributed by atoms with van der Waals surface area (Å²) in [6.07, 6.45) is 0. The van der Waals surface area contributed by atoms with Gasteiger partial charge in [-0.05, 0) is 0 Å². The minimum atomic E-state index is -3.28. The number of halogens is 2. The van der Waals surface area contributed by atoms with Gasteiger partial charge in [-0.3, -0.25) is 4.90 Å². The van der Waals surface area contributed by atoms with Crippen LogP contribution in [-0.2, 0) is 10.2 Å². The first-order valence-electron chi connectivity index (χ1n) is 6.28. The van der Waals surface area contributed by atoms with E-state index in [0.29, 0.717) is 19.6 Å². The first kappa shape index (κ1) is 21.7. The van der Waals surface area contributed by atoms with E-state index in [-0.39, 0.29) is 24.8 Å². The highest BCUT2D eigenvalue weighted by atomic mass is 35.5. The second-order valence-corrected chi connectivity index (χ2v) is 5.83. The van der Waals surface area contributed by atoms with Gasteiger partial charge >= 0.3 is 0 Å². The fourth-order valence-electron chi connectivity index (χ4n) is 1.92. The predicted octanol–water partition coefficient (Wildman–Crippen LogP) is -0.0886. The molecule has 0 unspecified atom stereocenters. The quantitative estimate of drug-likeness (QED) is 0.682. The Morgan fingerprint density at radius 3 is 2.16 bits per heavy atom. The van der Waals surface area contributed by atoms with E-state index in [1.54, 1.807) is 0 Å².